The van der Waals surface area contributed by atoms with Crippen LogP contribution in [0.15, 0.2) is 57.5 Å². The number of guanidine groups is 1. The van der Waals surface area contributed by atoms with Crippen LogP contribution in [0.1, 0.15) is 24.5 Å². The molecule has 0 spiro atoms. The van der Waals surface area contributed by atoms with Gasteiger partial charge in [-0.2, -0.15) is 0 Å². The van der Waals surface area contributed by atoms with E-state index in [0.717, 1.165) is 22.6 Å². The molecule has 0 saturated heterocycles. The molecule has 5 nitrogen and oxygen atoms in total. The van der Waals surface area contributed by atoms with Crippen molar-refractivity contribution in [1.29, 1.82) is 0 Å². The number of rotatable bonds is 8. The van der Waals surface area contributed by atoms with Crippen LogP contribution in [0, 0.1) is 0 Å². The zero-order valence-corrected chi connectivity index (χ0v) is 15.0. The second-order valence-corrected chi connectivity index (χ2v) is 6.93. The SMILES string of the molecule is C=C(C)CNC(=NCC(C)(O)c1cccs1)NCCc1ccco1. The Kier molecular flexibility index (Phi) is 6.63. The zero-order chi connectivity index (χ0) is 17.4. The highest BCUT2D eigenvalue weighted by Gasteiger charge is 2.24. The first-order valence-electron chi connectivity index (χ1n) is 7.93. The minimum Gasteiger partial charge on any atom is -0.469 e. The molecule has 1 unspecified atom stereocenters. The summed E-state index contributed by atoms with van der Waals surface area (Å²) in [5, 5.41) is 19.0. The van der Waals surface area contributed by atoms with E-state index < -0.39 is 5.60 Å². The van der Waals surface area contributed by atoms with Gasteiger partial charge in [-0.15, -0.1) is 11.3 Å². The van der Waals surface area contributed by atoms with E-state index in [-0.39, 0.29) is 6.54 Å². The first-order chi connectivity index (χ1) is 11.5. The molecule has 130 valence electrons. The molecule has 3 N–H and O–H groups in total. The normalized spacial score (nSPS) is 14.2. The Morgan fingerprint density at radius 1 is 1.38 bits per heavy atom. The minimum atomic E-state index is -0.979. The van der Waals surface area contributed by atoms with Crippen molar-refractivity contribution in [3.05, 3.63) is 58.7 Å². The van der Waals surface area contributed by atoms with Crippen molar-refractivity contribution in [2.45, 2.75) is 25.9 Å². The summed E-state index contributed by atoms with van der Waals surface area (Å²) in [4.78, 5) is 5.43. The average Bonchev–Trinajstić information content (AvgIpc) is 3.22. The highest BCUT2D eigenvalue weighted by atomic mass is 32.1. The van der Waals surface area contributed by atoms with Gasteiger partial charge in [-0.05, 0) is 37.4 Å². The summed E-state index contributed by atoms with van der Waals surface area (Å²) < 4.78 is 5.32. The predicted octanol–water partition coefficient (Wildman–Crippen LogP) is 2.90. The lowest BCUT2D eigenvalue weighted by Gasteiger charge is -2.20. The third-order valence-corrected chi connectivity index (χ3v) is 4.52. The Bertz CT molecular complexity index is 646. The second kappa shape index (κ2) is 8.70. The molecule has 2 heterocycles. The topological polar surface area (TPSA) is 69.8 Å². The van der Waals surface area contributed by atoms with Crippen molar-refractivity contribution in [3.63, 3.8) is 0 Å². The maximum absolute atomic E-state index is 10.6. The van der Waals surface area contributed by atoms with Gasteiger partial charge in [0.25, 0.3) is 0 Å². The number of nitrogens with zero attached hydrogens (tertiary/aromatic N) is 1. The minimum absolute atomic E-state index is 0.278. The van der Waals surface area contributed by atoms with Gasteiger partial charge in [0.05, 0.1) is 12.8 Å². The van der Waals surface area contributed by atoms with Crippen molar-refractivity contribution in [1.82, 2.24) is 10.6 Å². The van der Waals surface area contributed by atoms with Crippen LogP contribution in [0.5, 0.6) is 0 Å². The van der Waals surface area contributed by atoms with Crippen LogP contribution in [0.2, 0.25) is 0 Å². The van der Waals surface area contributed by atoms with Gasteiger partial charge in [0.15, 0.2) is 5.96 Å². The van der Waals surface area contributed by atoms with Crippen LogP contribution in [0.4, 0.5) is 0 Å². The molecular formula is C18H25N3O2S. The van der Waals surface area contributed by atoms with Crippen molar-refractivity contribution in [2.24, 2.45) is 4.99 Å². The summed E-state index contributed by atoms with van der Waals surface area (Å²) in [6, 6.07) is 7.68. The fourth-order valence-electron chi connectivity index (χ4n) is 2.06. The monoisotopic (exact) mass is 347 g/mol. The van der Waals surface area contributed by atoms with Crippen LogP contribution in [0.25, 0.3) is 0 Å². The third kappa shape index (κ3) is 5.86. The third-order valence-electron chi connectivity index (χ3n) is 3.40. The lowest BCUT2D eigenvalue weighted by atomic mass is 10.1. The van der Waals surface area contributed by atoms with E-state index in [9.17, 15) is 5.11 Å². The molecule has 1 atom stereocenters. The summed E-state index contributed by atoms with van der Waals surface area (Å²) in [7, 11) is 0. The van der Waals surface area contributed by atoms with Gasteiger partial charge in [0.2, 0.25) is 0 Å². The van der Waals surface area contributed by atoms with Gasteiger partial charge < -0.3 is 20.2 Å². The summed E-state index contributed by atoms with van der Waals surface area (Å²) in [6.07, 6.45) is 2.43. The maximum atomic E-state index is 10.6. The van der Waals surface area contributed by atoms with E-state index in [1.165, 1.54) is 11.3 Å². The standard InChI is InChI=1S/C18H25N3O2S/c1-14(2)12-20-17(19-9-8-15-6-4-10-23-15)21-13-18(3,22)16-7-5-11-24-16/h4-7,10-11,22H,1,8-9,12-13H2,2-3H3,(H2,19,20,21). The molecule has 24 heavy (non-hydrogen) atoms. The molecule has 0 amide bonds. The molecule has 0 aliphatic carbocycles. The number of hydrogen-bond donors (Lipinski definition) is 3. The molecular weight excluding hydrogens is 322 g/mol. The van der Waals surface area contributed by atoms with E-state index in [4.69, 9.17) is 4.42 Å². The Balaban J connectivity index is 1.94. The number of aliphatic hydroxyl groups is 1. The maximum Gasteiger partial charge on any atom is 0.191 e. The van der Waals surface area contributed by atoms with Crippen molar-refractivity contribution in [2.75, 3.05) is 19.6 Å². The Labute approximate surface area is 147 Å². The van der Waals surface area contributed by atoms with Crippen LogP contribution in [-0.4, -0.2) is 30.7 Å². The quantitative estimate of drug-likeness (QED) is 0.390. The lowest BCUT2D eigenvalue weighted by Crippen LogP contribution is -2.40. The number of furan rings is 1. The van der Waals surface area contributed by atoms with Gasteiger partial charge in [-0.25, -0.2) is 4.99 Å². The molecule has 0 aromatic carbocycles. The van der Waals surface area contributed by atoms with E-state index >= 15 is 0 Å². The van der Waals surface area contributed by atoms with Crippen LogP contribution in [0.3, 0.4) is 0 Å². The van der Waals surface area contributed by atoms with Crippen molar-refractivity contribution in [3.8, 4) is 0 Å². The molecule has 0 bridgehead atoms. The number of hydrogen-bond acceptors (Lipinski definition) is 4. The molecule has 0 aliphatic rings. The number of aliphatic imine (C=N–C) groups is 1. The summed E-state index contributed by atoms with van der Waals surface area (Å²) in [5.74, 6) is 1.58. The van der Waals surface area contributed by atoms with Gasteiger partial charge in [0, 0.05) is 24.4 Å². The zero-order valence-electron chi connectivity index (χ0n) is 14.2. The fourth-order valence-corrected chi connectivity index (χ4v) is 2.84. The van der Waals surface area contributed by atoms with Gasteiger partial charge >= 0.3 is 0 Å². The summed E-state index contributed by atoms with van der Waals surface area (Å²) >= 11 is 1.53. The van der Waals surface area contributed by atoms with Gasteiger partial charge in [-0.1, -0.05) is 18.2 Å². The molecule has 0 fully saturated rings. The first kappa shape index (κ1) is 18.3. The molecule has 0 saturated carbocycles. The molecule has 2 aromatic rings. The molecule has 2 rings (SSSR count). The van der Waals surface area contributed by atoms with Crippen LogP contribution < -0.4 is 10.6 Å². The van der Waals surface area contributed by atoms with E-state index in [1.54, 1.807) is 13.2 Å². The van der Waals surface area contributed by atoms with E-state index in [1.807, 2.05) is 36.6 Å². The first-order valence-corrected chi connectivity index (χ1v) is 8.80. The Hall–Kier alpha value is -2.05. The number of thiophene rings is 1. The lowest BCUT2D eigenvalue weighted by molar-refractivity contribution is 0.0711. The Morgan fingerprint density at radius 2 is 2.21 bits per heavy atom. The Morgan fingerprint density at radius 3 is 2.83 bits per heavy atom. The largest absolute Gasteiger partial charge is 0.469 e. The second-order valence-electron chi connectivity index (χ2n) is 5.98. The van der Waals surface area contributed by atoms with Crippen molar-refractivity contribution >= 4 is 17.3 Å². The fraction of sp³-hybridized carbons (Fsp3) is 0.389. The molecule has 6 heteroatoms. The predicted molar refractivity (Wildman–Crippen MR) is 99.4 cm³/mol. The van der Waals surface area contributed by atoms with Gasteiger partial charge in [-0.3, -0.25) is 0 Å². The average molecular weight is 347 g/mol. The smallest absolute Gasteiger partial charge is 0.191 e. The number of nitrogens with one attached hydrogen (secondary N) is 2. The van der Waals surface area contributed by atoms with Crippen LogP contribution >= 0.6 is 11.3 Å². The highest BCUT2D eigenvalue weighted by molar-refractivity contribution is 7.10. The molecule has 0 radical (unpaired) electrons. The highest BCUT2D eigenvalue weighted by Crippen LogP contribution is 2.25. The van der Waals surface area contributed by atoms with Gasteiger partial charge in [0.1, 0.15) is 11.4 Å². The van der Waals surface area contributed by atoms with E-state index in [2.05, 4.69) is 22.2 Å². The van der Waals surface area contributed by atoms with Crippen LogP contribution in [-0.2, 0) is 12.0 Å². The van der Waals surface area contributed by atoms with E-state index in [0.29, 0.717) is 19.0 Å². The van der Waals surface area contributed by atoms with Crippen molar-refractivity contribution < 1.29 is 9.52 Å². The molecule has 2 aromatic heterocycles. The summed E-state index contributed by atoms with van der Waals surface area (Å²) in [6.45, 7) is 9.22. The summed E-state index contributed by atoms with van der Waals surface area (Å²) in [5.41, 5.74) is 0.0352. The molecule has 0 aliphatic heterocycles.